The van der Waals surface area contributed by atoms with Crippen molar-refractivity contribution in [1.29, 1.82) is 0 Å². The average Bonchev–Trinajstić information content (AvgIpc) is 0. The Morgan fingerprint density at radius 1 is 0.400 bits per heavy atom. The van der Waals surface area contributed by atoms with E-state index in [2.05, 4.69) is 0 Å². The minimum absolute atomic E-state index is 0. The van der Waals surface area contributed by atoms with Gasteiger partial charge in [0.2, 0.25) is 0 Å². The summed E-state index contributed by atoms with van der Waals surface area (Å²) in [6, 6.07) is 0. The summed E-state index contributed by atoms with van der Waals surface area (Å²) in [7, 11) is 0. The van der Waals surface area contributed by atoms with Crippen LogP contribution >= 0.6 is 0 Å². The zero-order valence-electron chi connectivity index (χ0n) is 4.12. The van der Waals surface area contributed by atoms with E-state index in [-0.39, 0.29) is 120 Å². The number of hydrogen-bond donors (Lipinski definition) is 0. The van der Waals surface area contributed by atoms with Crippen LogP contribution in [0.5, 0.6) is 0 Å². The molecule has 0 fully saturated rings. The molecule has 0 atom stereocenters. The van der Waals surface area contributed by atoms with Crippen LogP contribution in [-0.2, 0) is 0 Å². The van der Waals surface area contributed by atoms with Gasteiger partial charge in [-0.2, -0.15) is 0 Å². The van der Waals surface area contributed by atoms with Gasteiger partial charge in [0.05, 0.1) is 0 Å². The van der Waals surface area contributed by atoms with E-state index >= 15 is 0 Å². The van der Waals surface area contributed by atoms with Crippen molar-refractivity contribution in [3.8, 4) is 0 Å². The van der Waals surface area contributed by atoms with Crippen molar-refractivity contribution in [2.75, 3.05) is 0 Å². The number of rotatable bonds is 0. The molecule has 0 nitrogen and oxygen atoms in total. The van der Waals surface area contributed by atoms with E-state index < -0.39 is 0 Å². The van der Waals surface area contributed by atoms with Gasteiger partial charge < -0.3 is 0 Å². The normalized spacial score (nSPS) is 0. The Balaban J connectivity index is 0. The van der Waals surface area contributed by atoms with Crippen LogP contribution in [0.1, 0.15) is 0 Å². The molecule has 0 aromatic carbocycles. The van der Waals surface area contributed by atoms with Crippen LogP contribution in [0.15, 0.2) is 0 Å². The second-order valence-electron chi connectivity index (χ2n) is 0. The first kappa shape index (κ1) is 36.0. The first-order chi connectivity index (χ1) is 0. The molecular weight excluding hydrogens is 594 g/mol. The summed E-state index contributed by atoms with van der Waals surface area (Å²) in [5, 5.41) is 0. The summed E-state index contributed by atoms with van der Waals surface area (Å²) in [4.78, 5) is 0. The molecule has 0 saturated carbocycles. The van der Waals surface area contributed by atoms with Gasteiger partial charge >= 0.3 is 120 Å². The molecule has 0 amide bonds. The van der Waals surface area contributed by atoms with Gasteiger partial charge in [0, 0.05) is 0 Å². The maximum absolute atomic E-state index is 0. The van der Waals surface area contributed by atoms with Crippen LogP contribution in [0.25, 0.3) is 0 Å². The topological polar surface area (TPSA) is 0 Å². The first-order valence-corrected chi connectivity index (χ1v) is 0. The van der Waals surface area contributed by atoms with Gasteiger partial charge in [-0.25, -0.2) is 0 Å². The summed E-state index contributed by atoms with van der Waals surface area (Å²) in [6.45, 7) is 0. The maximum atomic E-state index is 0. The van der Waals surface area contributed by atoms with E-state index in [9.17, 15) is 0 Å². The molecule has 0 bridgehead atoms. The molecule has 0 aliphatic carbocycles. The minimum atomic E-state index is 0. The molecule has 8 radical (unpaired) electrons. The molecule has 0 aromatic rings. The van der Waals surface area contributed by atoms with Crippen LogP contribution in [0.3, 0.4) is 0 Å². The van der Waals surface area contributed by atoms with Crippen molar-refractivity contribution in [3.05, 3.63) is 0 Å². The van der Waals surface area contributed by atoms with Gasteiger partial charge in [-0.15, -0.1) is 0 Å². The molecule has 0 rings (SSSR count). The van der Waals surface area contributed by atoms with Crippen molar-refractivity contribution in [2.45, 2.75) is 0 Å². The quantitative estimate of drug-likeness (QED) is 0.243. The molecule has 0 aromatic heterocycles. The molecule has 0 saturated heterocycles. The Kier molecular flexibility index (Phi) is 177. The summed E-state index contributed by atoms with van der Waals surface area (Å²) in [5.41, 5.74) is 0. The van der Waals surface area contributed by atoms with Crippen molar-refractivity contribution in [1.82, 2.24) is 0 Å². The van der Waals surface area contributed by atoms with Gasteiger partial charge in [0.15, 0.2) is 0 Å². The molecule has 0 heterocycles. The van der Waals surface area contributed by atoms with Crippen LogP contribution < -0.4 is 0 Å². The third-order valence-corrected chi connectivity index (χ3v) is 0. The monoisotopic (exact) mass is 612 g/mol. The van der Waals surface area contributed by atoms with E-state index in [1.807, 2.05) is 0 Å². The predicted molar refractivity (Wildman–Crippen MR) is 45.5 cm³/mol. The SMILES string of the molecule is [SnH2].[SnH2].[SnH2].[SnH3].[SnH3]. The fourth-order valence-electron chi connectivity index (χ4n) is 0. The Labute approximate surface area is 117 Å². The van der Waals surface area contributed by atoms with E-state index in [4.69, 9.17) is 0 Å². The Bertz CT molecular complexity index is 0. The molecule has 5 heteroatoms. The fraction of sp³-hybridized carbons (Fsp3) is 0. The Hall–Kier alpha value is 3.99. The third-order valence-electron chi connectivity index (χ3n) is 0. The van der Waals surface area contributed by atoms with Gasteiger partial charge in [-0.3, -0.25) is 0 Å². The van der Waals surface area contributed by atoms with Crippen molar-refractivity contribution in [2.24, 2.45) is 0 Å². The third kappa shape index (κ3) is 18.0. The van der Waals surface area contributed by atoms with Crippen molar-refractivity contribution in [3.63, 3.8) is 0 Å². The summed E-state index contributed by atoms with van der Waals surface area (Å²) >= 11 is 0. The number of hydrogen-bond acceptors (Lipinski definition) is 0. The summed E-state index contributed by atoms with van der Waals surface area (Å²) in [5.74, 6) is 0. The molecule has 0 spiro atoms. The second kappa shape index (κ2) is 24.5. The van der Waals surface area contributed by atoms with Gasteiger partial charge in [0.25, 0.3) is 0 Å². The van der Waals surface area contributed by atoms with Crippen molar-refractivity contribution < 1.29 is 0 Å². The van der Waals surface area contributed by atoms with E-state index in [0.717, 1.165) is 0 Å². The van der Waals surface area contributed by atoms with Crippen LogP contribution in [0.4, 0.5) is 0 Å². The Morgan fingerprint density at radius 3 is 0.400 bits per heavy atom. The average molecular weight is 606 g/mol. The van der Waals surface area contributed by atoms with E-state index in [1.54, 1.807) is 0 Å². The van der Waals surface area contributed by atoms with Crippen molar-refractivity contribution >= 4 is 120 Å². The van der Waals surface area contributed by atoms with Gasteiger partial charge in [0.1, 0.15) is 0 Å². The molecule has 0 N–H and O–H groups in total. The zero-order chi connectivity index (χ0) is 0. The molecular formula is H12Sn5. The van der Waals surface area contributed by atoms with Crippen LogP contribution in [0.2, 0.25) is 0 Å². The predicted octanol–water partition coefficient (Wildman–Crippen LogP) is -5.12. The van der Waals surface area contributed by atoms with Crippen LogP contribution in [-0.4, -0.2) is 120 Å². The molecule has 0 aliphatic rings. The van der Waals surface area contributed by atoms with E-state index in [1.165, 1.54) is 0 Å². The fourth-order valence-corrected chi connectivity index (χ4v) is 0. The summed E-state index contributed by atoms with van der Waals surface area (Å²) < 4.78 is 0. The van der Waals surface area contributed by atoms with Gasteiger partial charge in [-0.1, -0.05) is 0 Å². The molecule has 0 aliphatic heterocycles. The Morgan fingerprint density at radius 2 is 0.400 bits per heavy atom. The molecule has 0 unspecified atom stereocenters. The van der Waals surface area contributed by atoms with Gasteiger partial charge in [-0.05, 0) is 0 Å². The summed E-state index contributed by atoms with van der Waals surface area (Å²) in [6.07, 6.45) is 0. The molecule has 5 heavy (non-hydrogen) atoms. The van der Waals surface area contributed by atoms with E-state index in [0.29, 0.717) is 0 Å². The molecule has 32 valence electrons. The zero-order valence-corrected chi connectivity index (χ0v) is 27.6. The second-order valence-corrected chi connectivity index (χ2v) is 0. The van der Waals surface area contributed by atoms with Crippen LogP contribution in [0, 0.1) is 0 Å². The first-order valence-electron chi connectivity index (χ1n) is 0. The standard InChI is InChI=1S/5Sn.12H.